The van der Waals surface area contributed by atoms with Crippen molar-refractivity contribution in [2.24, 2.45) is 0 Å². The zero-order chi connectivity index (χ0) is 15.4. The number of hydrogen-bond donors (Lipinski definition) is 1. The van der Waals surface area contributed by atoms with Crippen molar-refractivity contribution in [3.8, 4) is 0 Å². The van der Waals surface area contributed by atoms with Gasteiger partial charge in [0.2, 0.25) is 0 Å². The molecule has 110 valence electrons. The molecule has 1 aliphatic rings. The first-order valence-corrected chi connectivity index (χ1v) is 8.22. The van der Waals surface area contributed by atoms with E-state index in [-0.39, 0.29) is 45.0 Å². The van der Waals surface area contributed by atoms with Crippen molar-refractivity contribution in [3.05, 3.63) is 39.8 Å². The van der Waals surface area contributed by atoms with Gasteiger partial charge in [-0.1, -0.05) is 11.6 Å². The number of rotatable bonds is 1. The first kappa shape index (κ1) is 14.2. The number of fused-ring (bicyclic) bond motifs is 2. The first-order chi connectivity index (χ1) is 9.78. The highest BCUT2D eigenvalue weighted by atomic mass is 35.5. The number of carbonyl (C=O) groups is 1. The van der Waals surface area contributed by atoms with E-state index in [2.05, 4.69) is 4.98 Å². The number of aromatic carboxylic acids is 1. The van der Waals surface area contributed by atoms with E-state index in [1.54, 1.807) is 0 Å². The Kier molecular flexibility index (Phi) is 3.14. The van der Waals surface area contributed by atoms with E-state index >= 15 is 0 Å². The third kappa shape index (κ3) is 2.36. The maximum atomic E-state index is 13.5. The van der Waals surface area contributed by atoms with Gasteiger partial charge in [0.25, 0.3) is 0 Å². The molecule has 0 radical (unpaired) electrons. The van der Waals surface area contributed by atoms with Crippen LogP contribution in [0.5, 0.6) is 0 Å². The monoisotopic (exact) mass is 329 g/mol. The van der Waals surface area contributed by atoms with E-state index in [4.69, 9.17) is 11.6 Å². The molecule has 1 aliphatic heterocycles. The van der Waals surface area contributed by atoms with Crippen LogP contribution in [0.1, 0.15) is 21.6 Å². The summed E-state index contributed by atoms with van der Waals surface area (Å²) >= 11 is 5.69. The minimum absolute atomic E-state index is 0.0896. The summed E-state index contributed by atoms with van der Waals surface area (Å²) in [7, 11) is -3.35. The number of sulfone groups is 1. The van der Waals surface area contributed by atoms with Gasteiger partial charge in [0.1, 0.15) is 5.82 Å². The molecule has 0 amide bonds. The lowest BCUT2D eigenvalue weighted by Gasteiger charge is -2.19. The normalized spacial score (nSPS) is 16.7. The van der Waals surface area contributed by atoms with Gasteiger partial charge in [-0.2, -0.15) is 0 Å². The van der Waals surface area contributed by atoms with Crippen molar-refractivity contribution in [1.82, 2.24) is 4.98 Å². The summed E-state index contributed by atoms with van der Waals surface area (Å²) in [5, 5.41) is 9.32. The van der Waals surface area contributed by atoms with E-state index in [9.17, 15) is 22.7 Å². The van der Waals surface area contributed by atoms with Crippen LogP contribution in [-0.2, 0) is 22.0 Å². The summed E-state index contributed by atoms with van der Waals surface area (Å²) in [5.41, 5.74) is 0.549. The van der Waals surface area contributed by atoms with Crippen molar-refractivity contribution in [2.75, 3.05) is 5.75 Å². The Morgan fingerprint density at radius 3 is 2.76 bits per heavy atom. The van der Waals surface area contributed by atoms with Crippen molar-refractivity contribution >= 4 is 38.3 Å². The van der Waals surface area contributed by atoms with Gasteiger partial charge in [0.05, 0.1) is 27.6 Å². The highest BCUT2D eigenvalue weighted by Crippen LogP contribution is 2.31. The minimum atomic E-state index is -3.35. The summed E-state index contributed by atoms with van der Waals surface area (Å²) in [4.78, 5) is 15.7. The highest BCUT2D eigenvalue weighted by molar-refractivity contribution is 7.90. The fourth-order valence-electron chi connectivity index (χ4n) is 2.50. The van der Waals surface area contributed by atoms with Crippen LogP contribution in [0.3, 0.4) is 0 Å². The molecule has 1 aromatic carbocycles. The predicted molar refractivity (Wildman–Crippen MR) is 74.9 cm³/mol. The second kappa shape index (κ2) is 4.64. The molecule has 2 heterocycles. The third-order valence-electron chi connectivity index (χ3n) is 3.44. The van der Waals surface area contributed by atoms with E-state index < -0.39 is 21.6 Å². The number of aryl methyl sites for hydroxylation is 1. The smallest absolute Gasteiger partial charge is 0.336 e. The van der Waals surface area contributed by atoms with Crippen LogP contribution in [0.4, 0.5) is 4.39 Å². The number of hydrogen-bond acceptors (Lipinski definition) is 4. The molecule has 0 saturated heterocycles. The van der Waals surface area contributed by atoms with Gasteiger partial charge in [-0.15, -0.1) is 0 Å². The van der Waals surface area contributed by atoms with Crippen molar-refractivity contribution in [3.63, 3.8) is 0 Å². The van der Waals surface area contributed by atoms with E-state index in [0.29, 0.717) is 5.69 Å². The fourth-order valence-corrected chi connectivity index (χ4v) is 4.06. The lowest BCUT2D eigenvalue weighted by atomic mass is 10.00. The maximum absolute atomic E-state index is 13.5. The third-order valence-corrected chi connectivity index (χ3v) is 5.29. The predicted octanol–water partition coefficient (Wildman–Crippen LogP) is 2.20. The Labute approximate surface area is 124 Å². The molecule has 2 aromatic rings. The summed E-state index contributed by atoms with van der Waals surface area (Å²) < 4.78 is 37.0. The second-order valence-corrected chi connectivity index (χ2v) is 7.43. The number of aromatic nitrogens is 1. The average Bonchev–Trinajstić information content (AvgIpc) is 2.37. The topological polar surface area (TPSA) is 84.3 Å². The van der Waals surface area contributed by atoms with Crippen LogP contribution in [0, 0.1) is 5.82 Å². The molecule has 8 heteroatoms. The lowest BCUT2D eigenvalue weighted by Crippen LogP contribution is -2.23. The van der Waals surface area contributed by atoms with Crippen LogP contribution in [0.2, 0.25) is 5.02 Å². The largest absolute Gasteiger partial charge is 0.478 e. The molecule has 5 nitrogen and oxygen atoms in total. The van der Waals surface area contributed by atoms with Crippen LogP contribution in [-0.4, -0.2) is 30.2 Å². The van der Waals surface area contributed by atoms with Crippen molar-refractivity contribution in [2.45, 2.75) is 12.2 Å². The van der Waals surface area contributed by atoms with Gasteiger partial charge >= 0.3 is 5.97 Å². The standard InChI is InChI=1S/C13H9ClFNO4S/c14-8-3-6-11(4-9(8)15)16-10-1-2-21(19,20)5-7(10)12(6)13(17)18/h3-4H,1-2,5H2,(H,17,18). The molecule has 3 rings (SSSR count). The molecule has 0 unspecified atom stereocenters. The van der Waals surface area contributed by atoms with Crippen LogP contribution >= 0.6 is 11.6 Å². The van der Waals surface area contributed by atoms with Crippen molar-refractivity contribution in [1.29, 1.82) is 0 Å². The first-order valence-electron chi connectivity index (χ1n) is 6.03. The quantitative estimate of drug-likeness (QED) is 0.867. The molecule has 1 N–H and O–H groups in total. The molecule has 0 fully saturated rings. The summed E-state index contributed by atoms with van der Waals surface area (Å²) in [6.45, 7) is 0. The fraction of sp³-hybridized carbons (Fsp3) is 0.231. The number of carboxylic acid groups (broad SMARTS) is 1. The van der Waals surface area contributed by atoms with E-state index in [0.717, 1.165) is 6.07 Å². The minimum Gasteiger partial charge on any atom is -0.478 e. The number of benzene rings is 1. The lowest BCUT2D eigenvalue weighted by molar-refractivity contribution is 0.0698. The van der Waals surface area contributed by atoms with Gasteiger partial charge in [-0.05, 0) is 6.07 Å². The zero-order valence-corrected chi connectivity index (χ0v) is 12.1. The Morgan fingerprint density at radius 1 is 1.38 bits per heavy atom. The van der Waals surface area contributed by atoms with Crippen molar-refractivity contribution < 1.29 is 22.7 Å². The number of carboxylic acids is 1. The van der Waals surface area contributed by atoms with Gasteiger partial charge < -0.3 is 5.11 Å². The van der Waals surface area contributed by atoms with Crippen LogP contribution < -0.4 is 0 Å². The molecule has 0 saturated carbocycles. The molecule has 0 aliphatic carbocycles. The SMILES string of the molecule is O=C(O)c1c2c(nc3cc(F)c(Cl)cc13)CCS(=O)(=O)C2. The van der Waals surface area contributed by atoms with Gasteiger partial charge in [-0.25, -0.2) is 17.6 Å². The van der Waals surface area contributed by atoms with Gasteiger partial charge in [-0.3, -0.25) is 4.98 Å². The van der Waals surface area contributed by atoms with Crippen LogP contribution in [0.25, 0.3) is 10.9 Å². The molecule has 0 bridgehead atoms. The zero-order valence-electron chi connectivity index (χ0n) is 10.6. The second-order valence-electron chi connectivity index (χ2n) is 4.84. The number of nitrogens with zero attached hydrogens (tertiary/aromatic N) is 1. The summed E-state index contributed by atoms with van der Waals surface area (Å²) in [6.07, 6.45) is 0.123. The summed E-state index contributed by atoms with van der Waals surface area (Å²) in [6, 6.07) is 2.23. The summed E-state index contributed by atoms with van der Waals surface area (Å²) in [5.74, 6) is -2.44. The molecular formula is C13H9ClFNO4S. The average molecular weight is 330 g/mol. The Bertz CT molecular complexity index is 895. The Morgan fingerprint density at radius 2 is 2.10 bits per heavy atom. The van der Waals surface area contributed by atoms with E-state index in [1.807, 2.05) is 0 Å². The maximum Gasteiger partial charge on any atom is 0.336 e. The van der Waals surface area contributed by atoms with Crippen LogP contribution in [0.15, 0.2) is 12.1 Å². The van der Waals surface area contributed by atoms with E-state index in [1.165, 1.54) is 6.07 Å². The molecule has 0 spiro atoms. The highest BCUT2D eigenvalue weighted by Gasteiger charge is 2.29. The van der Waals surface area contributed by atoms with Gasteiger partial charge in [0.15, 0.2) is 9.84 Å². The number of pyridine rings is 1. The molecule has 0 atom stereocenters. The Hall–Kier alpha value is -1.73. The molecule has 21 heavy (non-hydrogen) atoms. The number of halogens is 2. The van der Waals surface area contributed by atoms with Gasteiger partial charge in [0, 0.05) is 29.1 Å². The molecule has 1 aromatic heterocycles. The Balaban J connectivity index is 2.43. The molecular weight excluding hydrogens is 321 g/mol.